The Morgan fingerprint density at radius 1 is 1.44 bits per heavy atom. The summed E-state index contributed by atoms with van der Waals surface area (Å²) in [6, 6.07) is 8.18. The van der Waals surface area contributed by atoms with Crippen molar-refractivity contribution in [3.63, 3.8) is 0 Å². The zero-order chi connectivity index (χ0) is 13.0. The molecule has 1 aliphatic heterocycles. The first-order chi connectivity index (χ1) is 8.74. The van der Waals surface area contributed by atoms with Gasteiger partial charge in [0.25, 0.3) is 0 Å². The van der Waals surface area contributed by atoms with Gasteiger partial charge in [-0.1, -0.05) is 6.92 Å². The number of piperazine rings is 1. The highest BCUT2D eigenvalue weighted by Crippen LogP contribution is 2.18. The Labute approximate surface area is 108 Å². The van der Waals surface area contributed by atoms with Gasteiger partial charge in [0.15, 0.2) is 0 Å². The summed E-state index contributed by atoms with van der Waals surface area (Å²) in [4.78, 5) is 13.7. The Hall–Kier alpha value is -1.55. The summed E-state index contributed by atoms with van der Waals surface area (Å²) in [5.74, 6) is -0.284. The summed E-state index contributed by atoms with van der Waals surface area (Å²) < 4.78 is 4.69. The average Bonchev–Trinajstić information content (AvgIpc) is 2.46. The van der Waals surface area contributed by atoms with Crippen LogP contribution in [0.25, 0.3) is 0 Å². The molecule has 0 saturated carbocycles. The fourth-order valence-electron chi connectivity index (χ4n) is 2.26. The molecule has 0 unspecified atom stereocenters. The van der Waals surface area contributed by atoms with E-state index in [1.54, 1.807) is 0 Å². The van der Waals surface area contributed by atoms with E-state index >= 15 is 0 Å². The molecule has 1 fully saturated rings. The Balaban J connectivity index is 2.07. The molecule has 1 aliphatic rings. The number of ether oxygens (including phenoxy) is 1. The first-order valence-electron chi connectivity index (χ1n) is 6.41. The monoisotopic (exact) mass is 248 g/mol. The smallest absolute Gasteiger partial charge is 0.337 e. The molecule has 98 valence electrons. The number of hydrogen-bond donors (Lipinski definition) is 1. The Morgan fingerprint density at radius 2 is 2.17 bits per heavy atom. The third-order valence-electron chi connectivity index (χ3n) is 3.40. The molecule has 0 spiro atoms. The van der Waals surface area contributed by atoms with Crippen LogP contribution in [0, 0.1) is 0 Å². The molecule has 1 aromatic rings. The van der Waals surface area contributed by atoms with E-state index < -0.39 is 0 Å². The number of nitrogens with zero attached hydrogens (tertiary/aromatic N) is 1. The topological polar surface area (TPSA) is 41.6 Å². The number of methoxy groups -OCH3 is 1. The second kappa shape index (κ2) is 5.87. The predicted molar refractivity (Wildman–Crippen MR) is 72.1 cm³/mol. The number of anilines is 1. The van der Waals surface area contributed by atoms with Crippen LogP contribution in [0.1, 0.15) is 23.7 Å². The van der Waals surface area contributed by atoms with Gasteiger partial charge in [0, 0.05) is 31.4 Å². The molecule has 0 aliphatic carbocycles. The maximum atomic E-state index is 11.4. The first kappa shape index (κ1) is 12.9. The maximum absolute atomic E-state index is 11.4. The van der Waals surface area contributed by atoms with Crippen molar-refractivity contribution < 1.29 is 9.53 Å². The molecule has 4 heteroatoms. The second-order valence-corrected chi connectivity index (χ2v) is 4.54. The van der Waals surface area contributed by atoms with Crippen molar-refractivity contribution >= 4 is 11.7 Å². The van der Waals surface area contributed by atoms with Gasteiger partial charge in [-0.2, -0.15) is 0 Å². The van der Waals surface area contributed by atoms with Crippen molar-refractivity contribution in [2.24, 2.45) is 0 Å². The molecule has 1 atom stereocenters. The highest BCUT2D eigenvalue weighted by molar-refractivity contribution is 5.89. The first-order valence-corrected chi connectivity index (χ1v) is 6.41. The molecule has 4 nitrogen and oxygen atoms in total. The van der Waals surface area contributed by atoms with Gasteiger partial charge in [0.05, 0.1) is 12.7 Å². The van der Waals surface area contributed by atoms with E-state index in [4.69, 9.17) is 4.74 Å². The number of nitrogens with one attached hydrogen (secondary N) is 1. The van der Waals surface area contributed by atoms with Crippen LogP contribution in [-0.4, -0.2) is 38.8 Å². The lowest BCUT2D eigenvalue weighted by molar-refractivity contribution is 0.0601. The minimum absolute atomic E-state index is 0.284. The lowest BCUT2D eigenvalue weighted by atomic mass is 10.1. The molecule has 1 N–H and O–H groups in total. The number of carbonyl (C=O) groups excluding carboxylic acids is 1. The van der Waals surface area contributed by atoms with Crippen LogP contribution in [0.4, 0.5) is 5.69 Å². The van der Waals surface area contributed by atoms with Gasteiger partial charge >= 0.3 is 5.97 Å². The highest BCUT2D eigenvalue weighted by atomic mass is 16.5. The highest BCUT2D eigenvalue weighted by Gasteiger charge is 2.18. The van der Waals surface area contributed by atoms with Crippen molar-refractivity contribution in [1.29, 1.82) is 0 Å². The summed E-state index contributed by atoms with van der Waals surface area (Å²) in [7, 11) is 1.40. The second-order valence-electron chi connectivity index (χ2n) is 4.54. The molecule has 0 bridgehead atoms. The lowest BCUT2D eigenvalue weighted by Crippen LogP contribution is -2.50. The van der Waals surface area contributed by atoms with Crippen molar-refractivity contribution in [3.8, 4) is 0 Å². The molecule has 0 amide bonds. The van der Waals surface area contributed by atoms with Crippen LogP contribution < -0.4 is 10.2 Å². The molecular weight excluding hydrogens is 228 g/mol. The van der Waals surface area contributed by atoms with Gasteiger partial charge < -0.3 is 15.0 Å². The standard InChI is InChI=1S/C14H20N2O2/c1-3-12-10-16(9-8-15-12)13-6-4-11(5-7-13)14(17)18-2/h4-7,12,15H,3,8-10H2,1-2H3/t12-/m1/s1. The normalized spacial score (nSPS) is 19.7. The molecule has 1 aromatic carbocycles. The molecular formula is C14H20N2O2. The number of hydrogen-bond acceptors (Lipinski definition) is 4. The summed E-state index contributed by atoms with van der Waals surface area (Å²) in [5.41, 5.74) is 1.77. The van der Waals surface area contributed by atoms with Crippen molar-refractivity contribution in [2.75, 3.05) is 31.6 Å². The van der Waals surface area contributed by atoms with Crippen LogP contribution in [0.15, 0.2) is 24.3 Å². The van der Waals surface area contributed by atoms with Gasteiger partial charge in [-0.15, -0.1) is 0 Å². The van der Waals surface area contributed by atoms with Crippen LogP contribution >= 0.6 is 0 Å². The molecule has 1 heterocycles. The van der Waals surface area contributed by atoms with Crippen LogP contribution in [-0.2, 0) is 4.74 Å². The van der Waals surface area contributed by atoms with Crippen molar-refractivity contribution in [2.45, 2.75) is 19.4 Å². The SMILES string of the molecule is CC[C@@H]1CN(c2ccc(C(=O)OC)cc2)CCN1. The Bertz CT molecular complexity index is 403. The van der Waals surface area contributed by atoms with Gasteiger partial charge in [-0.05, 0) is 30.7 Å². The molecule has 0 radical (unpaired) electrons. The number of rotatable bonds is 3. The number of benzene rings is 1. The zero-order valence-corrected chi connectivity index (χ0v) is 11.0. The quantitative estimate of drug-likeness (QED) is 0.826. The molecule has 18 heavy (non-hydrogen) atoms. The fraction of sp³-hybridized carbons (Fsp3) is 0.500. The van der Waals surface area contributed by atoms with Crippen molar-refractivity contribution in [1.82, 2.24) is 5.32 Å². The zero-order valence-electron chi connectivity index (χ0n) is 11.0. The summed E-state index contributed by atoms with van der Waals surface area (Å²) in [6.45, 7) is 5.24. The van der Waals surface area contributed by atoms with Gasteiger partial charge in [-0.3, -0.25) is 0 Å². The van der Waals surface area contributed by atoms with E-state index in [1.165, 1.54) is 12.8 Å². The van der Waals surface area contributed by atoms with Crippen LogP contribution in [0.5, 0.6) is 0 Å². The maximum Gasteiger partial charge on any atom is 0.337 e. The van der Waals surface area contributed by atoms with Crippen molar-refractivity contribution in [3.05, 3.63) is 29.8 Å². The molecule has 0 aromatic heterocycles. The van der Waals surface area contributed by atoms with Gasteiger partial charge in [0.1, 0.15) is 0 Å². The third-order valence-corrected chi connectivity index (χ3v) is 3.40. The fourth-order valence-corrected chi connectivity index (χ4v) is 2.26. The number of carbonyl (C=O) groups is 1. The van der Waals surface area contributed by atoms with E-state index in [-0.39, 0.29) is 5.97 Å². The third kappa shape index (κ3) is 2.82. The Kier molecular flexibility index (Phi) is 4.20. The minimum Gasteiger partial charge on any atom is -0.465 e. The van der Waals surface area contributed by atoms with E-state index in [0.29, 0.717) is 11.6 Å². The van der Waals surface area contributed by atoms with Gasteiger partial charge in [-0.25, -0.2) is 4.79 Å². The lowest BCUT2D eigenvalue weighted by Gasteiger charge is -2.35. The van der Waals surface area contributed by atoms with E-state index in [2.05, 4.69) is 17.1 Å². The van der Waals surface area contributed by atoms with Gasteiger partial charge in [0.2, 0.25) is 0 Å². The van der Waals surface area contributed by atoms with E-state index in [1.807, 2.05) is 24.3 Å². The number of esters is 1. The van der Waals surface area contributed by atoms with Crippen LogP contribution in [0.2, 0.25) is 0 Å². The molecule has 1 saturated heterocycles. The summed E-state index contributed by atoms with van der Waals surface area (Å²) in [6.07, 6.45) is 1.14. The predicted octanol–water partition coefficient (Wildman–Crippen LogP) is 1.66. The average molecular weight is 248 g/mol. The largest absolute Gasteiger partial charge is 0.465 e. The minimum atomic E-state index is -0.284. The van der Waals surface area contributed by atoms with Crippen LogP contribution in [0.3, 0.4) is 0 Å². The summed E-state index contributed by atoms with van der Waals surface area (Å²) in [5, 5.41) is 3.49. The molecule has 2 rings (SSSR count). The van der Waals surface area contributed by atoms with E-state index in [0.717, 1.165) is 26.1 Å². The van der Waals surface area contributed by atoms with E-state index in [9.17, 15) is 4.79 Å². The Morgan fingerprint density at radius 3 is 2.78 bits per heavy atom. The summed E-state index contributed by atoms with van der Waals surface area (Å²) >= 11 is 0.